The van der Waals surface area contributed by atoms with Gasteiger partial charge in [0.1, 0.15) is 18.3 Å². The van der Waals surface area contributed by atoms with Gasteiger partial charge in [-0.15, -0.1) is 0 Å². The molecule has 0 radical (unpaired) electrons. The van der Waals surface area contributed by atoms with E-state index >= 15 is 0 Å². The summed E-state index contributed by atoms with van der Waals surface area (Å²) in [6, 6.07) is 0. The average molecular weight is 164 g/mol. The Kier molecular flexibility index (Phi) is 2.17. The first-order chi connectivity index (χ1) is 4.95. The molecule has 0 aliphatic carbocycles. The Morgan fingerprint density at radius 3 is 2.36 bits per heavy atom. The van der Waals surface area contributed by atoms with Crippen molar-refractivity contribution in [3.63, 3.8) is 0 Å². The molecule has 4 N–H and O–H groups in total. The molecule has 5 heteroatoms. The van der Waals surface area contributed by atoms with Gasteiger partial charge in [-0.05, 0) is 6.92 Å². The van der Waals surface area contributed by atoms with Crippen molar-refractivity contribution in [1.29, 1.82) is 0 Å². The second-order valence-electron chi connectivity index (χ2n) is 2.87. The third-order valence-corrected chi connectivity index (χ3v) is 1.81. The molecule has 1 aliphatic rings. The number of aliphatic hydroxyl groups is 4. The standard InChI is InChI=1S/C6H12O5/c1-6(10)5(9)4(8)3(7)2-11-6/h3-5,7-10H,2H2,1H3/t3-,4+,5?,6-/m1/s1. The first kappa shape index (κ1) is 8.89. The number of rotatable bonds is 0. The minimum atomic E-state index is -1.77. The highest BCUT2D eigenvalue weighted by atomic mass is 16.6. The van der Waals surface area contributed by atoms with E-state index in [2.05, 4.69) is 4.74 Å². The van der Waals surface area contributed by atoms with Crippen molar-refractivity contribution < 1.29 is 25.2 Å². The van der Waals surface area contributed by atoms with Gasteiger partial charge in [-0.3, -0.25) is 0 Å². The number of ether oxygens (including phenoxy) is 1. The average Bonchev–Trinajstić information content (AvgIpc) is 1.95. The van der Waals surface area contributed by atoms with E-state index in [9.17, 15) is 5.11 Å². The zero-order valence-electron chi connectivity index (χ0n) is 6.14. The molecule has 0 aromatic heterocycles. The van der Waals surface area contributed by atoms with Gasteiger partial charge in [0.25, 0.3) is 0 Å². The molecule has 0 aromatic rings. The van der Waals surface area contributed by atoms with Crippen molar-refractivity contribution in [3.05, 3.63) is 0 Å². The van der Waals surface area contributed by atoms with Crippen LogP contribution >= 0.6 is 0 Å². The van der Waals surface area contributed by atoms with Gasteiger partial charge in [0, 0.05) is 0 Å². The summed E-state index contributed by atoms with van der Waals surface area (Å²) in [6.45, 7) is 1.05. The Balaban J connectivity index is 2.67. The monoisotopic (exact) mass is 164 g/mol. The minimum absolute atomic E-state index is 0.175. The van der Waals surface area contributed by atoms with Gasteiger partial charge in [0.2, 0.25) is 0 Å². The van der Waals surface area contributed by atoms with E-state index in [4.69, 9.17) is 15.3 Å². The van der Waals surface area contributed by atoms with Crippen LogP contribution in [0.2, 0.25) is 0 Å². The van der Waals surface area contributed by atoms with Crippen molar-refractivity contribution in [3.8, 4) is 0 Å². The summed E-state index contributed by atoms with van der Waals surface area (Å²) in [6.07, 6.45) is -3.95. The van der Waals surface area contributed by atoms with Crippen molar-refractivity contribution in [2.45, 2.75) is 31.0 Å². The lowest BCUT2D eigenvalue weighted by molar-refractivity contribution is -0.312. The van der Waals surface area contributed by atoms with Crippen molar-refractivity contribution in [2.24, 2.45) is 0 Å². The molecular weight excluding hydrogens is 152 g/mol. The van der Waals surface area contributed by atoms with Crippen molar-refractivity contribution in [1.82, 2.24) is 0 Å². The molecule has 1 rings (SSSR count). The Labute approximate surface area is 63.8 Å². The lowest BCUT2D eigenvalue weighted by atomic mass is 9.98. The maximum atomic E-state index is 9.19. The summed E-state index contributed by atoms with van der Waals surface area (Å²) < 4.78 is 4.66. The summed E-state index contributed by atoms with van der Waals surface area (Å²) in [4.78, 5) is 0. The Bertz CT molecular complexity index is 146. The molecule has 1 heterocycles. The van der Waals surface area contributed by atoms with Crippen LogP contribution in [0.5, 0.6) is 0 Å². The second kappa shape index (κ2) is 2.69. The third kappa shape index (κ3) is 1.52. The van der Waals surface area contributed by atoms with E-state index in [1.165, 1.54) is 6.92 Å². The van der Waals surface area contributed by atoms with Gasteiger partial charge in [-0.1, -0.05) is 0 Å². The molecule has 1 fully saturated rings. The van der Waals surface area contributed by atoms with Crippen LogP contribution in [0.15, 0.2) is 0 Å². The summed E-state index contributed by atoms with van der Waals surface area (Å²) in [7, 11) is 0. The molecule has 0 amide bonds. The molecule has 66 valence electrons. The summed E-state index contributed by atoms with van der Waals surface area (Å²) >= 11 is 0. The summed E-state index contributed by atoms with van der Waals surface area (Å²) in [5.41, 5.74) is 0. The van der Waals surface area contributed by atoms with E-state index in [0.29, 0.717) is 0 Å². The quantitative estimate of drug-likeness (QED) is 0.326. The van der Waals surface area contributed by atoms with Crippen LogP contribution in [0.4, 0.5) is 0 Å². The molecule has 0 bridgehead atoms. The molecule has 0 saturated carbocycles. The van der Waals surface area contributed by atoms with Gasteiger partial charge < -0.3 is 25.2 Å². The highest BCUT2D eigenvalue weighted by Gasteiger charge is 2.44. The normalized spacial score (nSPS) is 52.6. The molecule has 0 spiro atoms. The first-order valence-corrected chi connectivity index (χ1v) is 3.35. The van der Waals surface area contributed by atoms with Crippen LogP contribution < -0.4 is 0 Å². The third-order valence-electron chi connectivity index (χ3n) is 1.81. The highest BCUT2D eigenvalue weighted by Crippen LogP contribution is 2.22. The van der Waals surface area contributed by atoms with Gasteiger partial charge >= 0.3 is 0 Å². The fourth-order valence-corrected chi connectivity index (χ4v) is 0.965. The maximum absolute atomic E-state index is 9.19. The molecule has 11 heavy (non-hydrogen) atoms. The van der Waals surface area contributed by atoms with Crippen molar-refractivity contribution in [2.75, 3.05) is 6.61 Å². The van der Waals surface area contributed by atoms with Crippen LogP contribution in [-0.2, 0) is 4.74 Å². The molecule has 4 atom stereocenters. The van der Waals surface area contributed by atoms with E-state index < -0.39 is 24.1 Å². The smallest absolute Gasteiger partial charge is 0.191 e. The fourth-order valence-electron chi connectivity index (χ4n) is 0.965. The summed E-state index contributed by atoms with van der Waals surface area (Å²) in [5.74, 6) is -1.77. The van der Waals surface area contributed by atoms with Crippen LogP contribution in [0.1, 0.15) is 6.92 Å². The van der Waals surface area contributed by atoms with Crippen molar-refractivity contribution >= 4 is 0 Å². The SMILES string of the molecule is C[C@@]1(O)OC[C@@H](O)[C@H](O)C1O. The van der Waals surface area contributed by atoms with E-state index in [1.54, 1.807) is 0 Å². The second-order valence-corrected chi connectivity index (χ2v) is 2.87. The lowest BCUT2D eigenvalue weighted by Gasteiger charge is -2.39. The van der Waals surface area contributed by atoms with Gasteiger partial charge in [-0.2, -0.15) is 0 Å². The first-order valence-electron chi connectivity index (χ1n) is 3.35. The largest absolute Gasteiger partial charge is 0.388 e. The fraction of sp³-hybridized carbons (Fsp3) is 1.00. The van der Waals surface area contributed by atoms with Crippen LogP contribution in [0.3, 0.4) is 0 Å². The predicted molar refractivity (Wildman–Crippen MR) is 34.6 cm³/mol. The molecule has 1 unspecified atom stereocenters. The van der Waals surface area contributed by atoms with Gasteiger partial charge in [-0.25, -0.2) is 0 Å². The Hall–Kier alpha value is -0.200. The maximum Gasteiger partial charge on any atom is 0.191 e. The van der Waals surface area contributed by atoms with Crippen LogP contribution in [0, 0.1) is 0 Å². The molecule has 0 aromatic carbocycles. The van der Waals surface area contributed by atoms with Crippen LogP contribution in [0.25, 0.3) is 0 Å². The molecule has 1 saturated heterocycles. The van der Waals surface area contributed by atoms with E-state index in [-0.39, 0.29) is 6.61 Å². The number of aliphatic hydroxyl groups excluding tert-OH is 3. The minimum Gasteiger partial charge on any atom is -0.388 e. The Morgan fingerprint density at radius 1 is 1.36 bits per heavy atom. The predicted octanol–water partition coefficient (Wildman–Crippen LogP) is -2.19. The van der Waals surface area contributed by atoms with E-state index in [0.717, 1.165) is 0 Å². The topological polar surface area (TPSA) is 90.2 Å². The molecule has 5 nitrogen and oxygen atoms in total. The number of hydrogen-bond donors (Lipinski definition) is 4. The van der Waals surface area contributed by atoms with Gasteiger partial charge in [0.15, 0.2) is 5.79 Å². The molecular formula is C6H12O5. The highest BCUT2D eigenvalue weighted by molar-refractivity contribution is 4.88. The molecule has 1 aliphatic heterocycles. The lowest BCUT2D eigenvalue weighted by Crippen LogP contribution is -2.59. The zero-order chi connectivity index (χ0) is 8.65. The Morgan fingerprint density at radius 2 is 1.91 bits per heavy atom. The van der Waals surface area contributed by atoms with Crippen LogP contribution in [-0.4, -0.2) is 51.1 Å². The number of hydrogen-bond acceptors (Lipinski definition) is 5. The van der Waals surface area contributed by atoms with E-state index in [1.807, 2.05) is 0 Å². The van der Waals surface area contributed by atoms with Gasteiger partial charge in [0.05, 0.1) is 6.61 Å². The summed E-state index contributed by atoms with van der Waals surface area (Å²) in [5, 5.41) is 36.3. The zero-order valence-corrected chi connectivity index (χ0v) is 6.14.